The van der Waals surface area contributed by atoms with E-state index in [0.29, 0.717) is 0 Å². The first-order chi connectivity index (χ1) is 18.9. The van der Waals surface area contributed by atoms with E-state index in [0.717, 1.165) is 0 Å². The summed E-state index contributed by atoms with van der Waals surface area (Å²) in [4.78, 5) is 0. The summed E-state index contributed by atoms with van der Waals surface area (Å²) in [5.41, 5.74) is 0. The first kappa shape index (κ1) is 34.6. The van der Waals surface area contributed by atoms with E-state index in [9.17, 15) is 0 Å². The zero-order chi connectivity index (χ0) is 25.8. The molecule has 0 bridgehead atoms. The summed E-state index contributed by atoms with van der Waals surface area (Å²) in [6, 6.07) is 64.7. The number of hydrogen-bond acceptors (Lipinski definition) is 0. The second-order valence-electron chi connectivity index (χ2n) is 8.68. The summed E-state index contributed by atoms with van der Waals surface area (Å²) < 4.78 is 0. The Hall–Kier alpha value is -2.59. The fraction of sp³-hybridized carbons (Fsp3) is 0. The van der Waals surface area contributed by atoms with Gasteiger partial charge in [0.05, 0.1) is 0 Å². The fourth-order valence-electron chi connectivity index (χ4n) is 4.36. The zero-order valence-electron chi connectivity index (χ0n) is 22.4. The van der Waals surface area contributed by atoms with E-state index in [1.54, 1.807) is 0 Å². The molecule has 0 aliphatic carbocycles. The molecular formula is C36H32Cl2IrP2. The standard InChI is InChI=1S/2C18H15P.2ClH.Ir/c2*1-4-10-16(11-5-1)19(17-12-6-2-7-13-17)18-14-8-3-9-15-18;;;/h2*1-15H;2*1H;. The monoisotopic (exact) mass is 789 g/mol. The van der Waals surface area contributed by atoms with Gasteiger partial charge in [0.25, 0.3) is 0 Å². The molecule has 0 saturated carbocycles. The van der Waals surface area contributed by atoms with E-state index in [-0.39, 0.29) is 44.9 Å². The van der Waals surface area contributed by atoms with Gasteiger partial charge in [-0.25, -0.2) is 0 Å². The van der Waals surface area contributed by atoms with Crippen LogP contribution in [0.25, 0.3) is 0 Å². The molecule has 6 rings (SSSR count). The van der Waals surface area contributed by atoms with E-state index in [1.807, 2.05) is 0 Å². The van der Waals surface area contributed by atoms with Crippen molar-refractivity contribution < 1.29 is 20.1 Å². The van der Waals surface area contributed by atoms with E-state index in [1.165, 1.54) is 31.8 Å². The van der Waals surface area contributed by atoms with Crippen molar-refractivity contribution >= 4 is 72.5 Å². The summed E-state index contributed by atoms with van der Waals surface area (Å²) >= 11 is 0. The van der Waals surface area contributed by atoms with E-state index in [4.69, 9.17) is 0 Å². The Kier molecular flexibility index (Phi) is 15.8. The topological polar surface area (TPSA) is 0 Å². The maximum absolute atomic E-state index is 2.23. The SMILES string of the molecule is Cl.Cl.[Ir].c1ccc(P(c2ccccc2)c2ccccc2)cc1.c1ccc(P(c2ccccc2)c2ccccc2)cc1. The molecule has 41 heavy (non-hydrogen) atoms. The second-order valence-corrected chi connectivity index (χ2v) is 13.1. The maximum Gasteiger partial charge on any atom is 0 e. The third kappa shape index (κ3) is 9.74. The van der Waals surface area contributed by atoms with Gasteiger partial charge in [0.2, 0.25) is 0 Å². The van der Waals surface area contributed by atoms with Crippen LogP contribution in [0.2, 0.25) is 0 Å². The molecule has 0 unspecified atom stereocenters. The van der Waals surface area contributed by atoms with Crippen molar-refractivity contribution in [1.29, 1.82) is 0 Å². The van der Waals surface area contributed by atoms with Crippen molar-refractivity contribution in [3.8, 4) is 0 Å². The Labute approximate surface area is 273 Å². The summed E-state index contributed by atoms with van der Waals surface area (Å²) in [5, 5.41) is 8.39. The number of halogens is 2. The van der Waals surface area contributed by atoms with Crippen molar-refractivity contribution in [1.82, 2.24) is 0 Å². The number of benzene rings is 6. The summed E-state index contributed by atoms with van der Waals surface area (Å²) in [6.07, 6.45) is 0. The van der Waals surface area contributed by atoms with Crippen LogP contribution in [0, 0.1) is 0 Å². The van der Waals surface area contributed by atoms with Crippen molar-refractivity contribution in [2.75, 3.05) is 0 Å². The van der Waals surface area contributed by atoms with E-state index in [2.05, 4.69) is 182 Å². The molecule has 6 aromatic carbocycles. The molecule has 0 atom stereocenters. The molecule has 0 nitrogen and oxygen atoms in total. The molecule has 0 amide bonds. The normalized spacial score (nSPS) is 9.80. The van der Waals surface area contributed by atoms with E-state index < -0.39 is 15.8 Å². The Morgan fingerprint density at radius 1 is 0.220 bits per heavy atom. The van der Waals surface area contributed by atoms with Crippen LogP contribution in [0.1, 0.15) is 0 Å². The van der Waals surface area contributed by atoms with Gasteiger partial charge in [0, 0.05) is 20.1 Å². The summed E-state index contributed by atoms with van der Waals surface area (Å²) in [5.74, 6) is 0. The minimum atomic E-state index is -0.446. The number of rotatable bonds is 6. The first-order valence-electron chi connectivity index (χ1n) is 12.8. The molecule has 0 saturated heterocycles. The van der Waals surface area contributed by atoms with Crippen LogP contribution in [0.4, 0.5) is 0 Å². The molecule has 1 radical (unpaired) electrons. The smallest absolute Gasteiger partial charge is 0 e. The first-order valence-corrected chi connectivity index (χ1v) is 15.5. The van der Waals surface area contributed by atoms with Gasteiger partial charge in [-0.1, -0.05) is 182 Å². The van der Waals surface area contributed by atoms with Crippen LogP contribution in [-0.2, 0) is 20.1 Å². The quantitative estimate of drug-likeness (QED) is 0.152. The molecule has 0 fully saturated rings. The largest absolute Gasteiger partial charge is 0.147 e. The molecule has 0 aliphatic heterocycles. The van der Waals surface area contributed by atoms with Crippen molar-refractivity contribution in [2.24, 2.45) is 0 Å². The van der Waals surface area contributed by atoms with Gasteiger partial charge in [-0.3, -0.25) is 0 Å². The molecule has 0 aliphatic rings. The Bertz CT molecular complexity index is 1180. The van der Waals surface area contributed by atoms with Crippen LogP contribution in [0.5, 0.6) is 0 Å². The maximum atomic E-state index is 2.23. The average Bonchev–Trinajstić information content (AvgIpc) is 3.01. The molecule has 0 heterocycles. The third-order valence-corrected chi connectivity index (χ3v) is 11.0. The van der Waals surface area contributed by atoms with Gasteiger partial charge in [0.1, 0.15) is 0 Å². The zero-order valence-corrected chi connectivity index (χ0v) is 28.2. The van der Waals surface area contributed by atoms with Gasteiger partial charge in [-0.2, -0.15) is 0 Å². The molecule has 209 valence electrons. The van der Waals surface area contributed by atoms with Crippen LogP contribution >= 0.6 is 40.7 Å². The van der Waals surface area contributed by atoms with Crippen molar-refractivity contribution in [3.05, 3.63) is 182 Å². The van der Waals surface area contributed by atoms with Crippen molar-refractivity contribution in [3.63, 3.8) is 0 Å². The molecule has 5 heteroatoms. The Morgan fingerprint density at radius 2 is 0.341 bits per heavy atom. The van der Waals surface area contributed by atoms with Gasteiger partial charge >= 0.3 is 0 Å². The second kappa shape index (κ2) is 18.8. The van der Waals surface area contributed by atoms with Crippen molar-refractivity contribution in [2.45, 2.75) is 0 Å². The number of hydrogen-bond donors (Lipinski definition) is 0. The third-order valence-electron chi connectivity index (χ3n) is 6.09. The minimum Gasteiger partial charge on any atom is -0.147 e. The minimum absolute atomic E-state index is 0. The van der Waals surface area contributed by atoms with E-state index >= 15 is 0 Å². The summed E-state index contributed by atoms with van der Waals surface area (Å²) in [6.45, 7) is 0. The predicted molar refractivity (Wildman–Crippen MR) is 185 cm³/mol. The Balaban J connectivity index is 0.000000267. The average molecular weight is 790 g/mol. The molecule has 0 aromatic heterocycles. The van der Waals surface area contributed by atoms with Crippen LogP contribution in [-0.4, -0.2) is 0 Å². The van der Waals surface area contributed by atoms with Gasteiger partial charge in [-0.15, -0.1) is 24.8 Å². The van der Waals surface area contributed by atoms with Gasteiger partial charge in [-0.05, 0) is 47.7 Å². The molecule has 6 aromatic rings. The molecule has 0 N–H and O–H groups in total. The van der Waals surface area contributed by atoms with Crippen LogP contribution in [0.15, 0.2) is 182 Å². The molecule has 0 spiro atoms. The Morgan fingerprint density at radius 3 is 0.463 bits per heavy atom. The van der Waals surface area contributed by atoms with Crippen LogP contribution in [0.3, 0.4) is 0 Å². The van der Waals surface area contributed by atoms with Gasteiger partial charge in [0.15, 0.2) is 0 Å². The molecular weight excluding hydrogens is 757 g/mol. The predicted octanol–water partition coefficient (Wildman–Crippen LogP) is 7.73. The van der Waals surface area contributed by atoms with Crippen LogP contribution < -0.4 is 31.8 Å². The van der Waals surface area contributed by atoms with Gasteiger partial charge < -0.3 is 0 Å². The summed E-state index contributed by atoms with van der Waals surface area (Å²) in [7, 11) is -0.892. The fourth-order valence-corrected chi connectivity index (χ4v) is 8.97.